The summed E-state index contributed by atoms with van der Waals surface area (Å²) in [5, 5.41) is 15.8. The Morgan fingerprint density at radius 2 is 2.40 bits per heavy atom. The number of anilines is 1. The Kier molecular flexibility index (Phi) is 5.15. The zero-order chi connectivity index (χ0) is 18.0. The highest BCUT2D eigenvalue weighted by Crippen LogP contribution is 2.29. The Hall–Kier alpha value is -2.25. The number of aromatic amines is 1. The molecule has 3 heterocycles. The van der Waals surface area contributed by atoms with Crippen LogP contribution in [0.3, 0.4) is 0 Å². The van der Waals surface area contributed by atoms with Gasteiger partial charge in [-0.3, -0.25) is 14.3 Å². The summed E-state index contributed by atoms with van der Waals surface area (Å²) in [6, 6.07) is 2.00. The maximum Gasteiger partial charge on any atom is 0.255 e. The molecule has 1 unspecified atom stereocenters. The first-order chi connectivity index (χ1) is 12.0. The summed E-state index contributed by atoms with van der Waals surface area (Å²) in [5.41, 5.74) is 1.69. The molecule has 0 aromatic carbocycles. The number of hydrogen-bond acceptors (Lipinski definition) is 7. The quantitative estimate of drug-likeness (QED) is 0.602. The number of nitriles is 1. The number of amides is 1. The normalized spacial score (nSPS) is 14.0. The van der Waals surface area contributed by atoms with Gasteiger partial charge in [-0.25, -0.2) is 4.98 Å². The van der Waals surface area contributed by atoms with Gasteiger partial charge < -0.3 is 10.3 Å². The van der Waals surface area contributed by atoms with Gasteiger partial charge in [0, 0.05) is 24.1 Å². The zero-order valence-electron chi connectivity index (χ0n) is 13.7. The lowest BCUT2D eigenvalue weighted by atomic mass is 10.3. The largest absolute Gasteiger partial charge is 0.309 e. The third-order valence-electron chi connectivity index (χ3n) is 3.78. The molecule has 0 radical (unpaired) electrons. The molecule has 0 saturated carbocycles. The van der Waals surface area contributed by atoms with Crippen LogP contribution in [0.4, 0.5) is 5.82 Å². The van der Waals surface area contributed by atoms with E-state index in [0.717, 1.165) is 17.0 Å². The van der Waals surface area contributed by atoms with Crippen molar-refractivity contribution in [3.8, 4) is 6.07 Å². The van der Waals surface area contributed by atoms with Crippen LogP contribution in [0.15, 0.2) is 16.1 Å². The molecule has 2 aromatic heterocycles. The summed E-state index contributed by atoms with van der Waals surface area (Å²) >= 11 is 2.87. The number of carbonyl (C=O) groups is 1. The standard InChI is InChI=1S/C15H16N6O2S2/c1-3-11(14(23)19-12-8(4-16)5-17-21(12)2)25-15-18-10-7-24-6-9(10)13(22)20-15/h5,11H,3,6-7H2,1-2H3,(H,19,23)(H,18,20,22). The summed E-state index contributed by atoms with van der Waals surface area (Å²) in [4.78, 5) is 31.9. The van der Waals surface area contributed by atoms with Gasteiger partial charge in [-0.1, -0.05) is 18.7 Å². The van der Waals surface area contributed by atoms with Crippen LogP contribution in [0, 0.1) is 11.3 Å². The second kappa shape index (κ2) is 7.33. The minimum absolute atomic E-state index is 0.133. The molecule has 1 aliphatic rings. The number of thioether (sulfide) groups is 2. The minimum atomic E-state index is -0.448. The fourth-order valence-electron chi connectivity index (χ4n) is 2.42. The van der Waals surface area contributed by atoms with E-state index < -0.39 is 5.25 Å². The van der Waals surface area contributed by atoms with Gasteiger partial charge >= 0.3 is 0 Å². The molecule has 130 valence electrons. The van der Waals surface area contributed by atoms with Crippen molar-refractivity contribution >= 4 is 35.2 Å². The van der Waals surface area contributed by atoms with E-state index in [1.54, 1.807) is 18.8 Å². The van der Waals surface area contributed by atoms with E-state index in [9.17, 15) is 9.59 Å². The number of nitrogens with zero attached hydrogens (tertiary/aromatic N) is 4. The van der Waals surface area contributed by atoms with E-state index >= 15 is 0 Å². The lowest BCUT2D eigenvalue weighted by Gasteiger charge is -2.14. The maximum absolute atomic E-state index is 12.6. The summed E-state index contributed by atoms with van der Waals surface area (Å²) < 4.78 is 1.45. The number of carbonyl (C=O) groups excluding carboxylic acids is 1. The summed E-state index contributed by atoms with van der Waals surface area (Å²) in [7, 11) is 1.65. The highest BCUT2D eigenvalue weighted by molar-refractivity contribution is 8.00. The molecule has 1 atom stereocenters. The van der Waals surface area contributed by atoms with Crippen molar-refractivity contribution in [1.29, 1.82) is 5.26 Å². The van der Waals surface area contributed by atoms with Gasteiger partial charge in [0.25, 0.3) is 5.56 Å². The molecule has 25 heavy (non-hydrogen) atoms. The zero-order valence-corrected chi connectivity index (χ0v) is 15.3. The molecule has 2 aromatic rings. The van der Waals surface area contributed by atoms with Crippen LogP contribution in [0.1, 0.15) is 30.2 Å². The Morgan fingerprint density at radius 1 is 1.60 bits per heavy atom. The average molecular weight is 376 g/mol. The van der Waals surface area contributed by atoms with Gasteiger partial charge in [-0.2, -0.15) is 22.1 Å². The molecular weight excluding hydrogens is 360 g/mol. The van der Waals surface area contributed by atoms with Crippen LogP contribution in [0.2, 0.25) is 0 Å². The minimum Gasteiger partial charge on any atom is -0.309 e. The predicted octanol–water partition coefficient (Wildman–Crippen LogP) is 1.63. The van der Waals surface area contributed by atoms with E-state index in [2.05, 4.69) is 20.4 Å². The van der Waals surface area contributed by atoms with Crippen molar-refractivity contribution in [3.05, 3.63) is 33.4 Å². The number of rotatable bonds is 5. The van der Waals surface area contributed by atoms with Gasteiger partial charge in [-0.15, -0.1) is 0 Å². The van der Waals surface area contributed by atoms with Crippen molar-refractivity contribution in [1.82, 2.24) is 19.7 Å². The first-order valence-electron chi connectivity index (χ1n) is 7.63. The molecule has 0 saturated heterocycles. The fraction of sp³-hybridized carbons (Fsp3) is 0.400. The van der Waals surface area contributed by atoms with Crippen LogP contribution < -0.4 is 10.9 Å². The molecule has 0 spiro atoms. The van der Waals surface area contributed by atoms with Crippen LogP contribution in [-0.4, -0.2) is 30.9 Å². The molecule has 0 bridgehead atoms. The van der Waals surface area contributed by atoms with Crippen molar-refractivity contribution in [3.63, 3.8) is 0 Å². The Morgan fingerprint density at radius 3 is 3.12 bits per heavy atom. The molecule has 1 amide bonds. The Labute approximate surface area is 152 Å². The maximum atomic E-state index is 12.6. The highest BCUT2D eigenvalue weighted by atomic mass is 32.2. The van der Waals surface area contributed by atoms with Gasteiger partial charge in [0.2, 0.25) is 5.91 Å². The van der Waals surface area contributed by atoms with Crippen LogP contribution in [0.5, 0.6) is 0 Å². The second-order valence-corrected chi connectivity index (χ2v) is 7.61. The third kappa shape index (κ3) is 3.57. The molecule has 0 aliphatic carbocycles. The molecule has 1 aliphatic heterocycles. The highest BCUT2D eigenvalue weighted by Gasteiger charge is 2.24. The average Bonchev–Trinajstić information content (AvgIpc) is 3.20. The lowest BCUT2D eigenvalue weighted by Crippen LogP contribution is -2.27. The molecule has 2 N–H and O–H groups in total. The molecule has 10 heteroatoms. The molecular formula is C15H16N6O2S2. The van der Waals surface area contributed by atoms with E-state index in [0.29, 0.717) is 28.7 Å². The van der Waals surface area contributed by atoms with Crippen LogP contribution in [-0.2, 0) is 23.3 Å². The molecule has 3 rings (SSSR count). The first kappa shape index (κ1) is 17.6. The Balaban J connectivity index is 1.78. The number of aryl methyl sites for hydroxylation is 1. The van der Waals surface area contributed by atoms with Gasteiger partial charge in [0.15, 0.2) is 5.16 Å². The number of fused-ring (bicyclic) bond motifs is 1. The van der Waals surface area contributed by atoms with Crippen molar-refractivity contribution in [2.45, 2.75) is 35.3 Å². The summed E-state index contributed by atoms with van der Waals surface area (Å²) in [6.45, 7) is 1.88. The topological polar surface area (TPSA) is 116 Å². The smallest absolute Gasteiger partial charge is 0.255 e. The molecule has 0 fully saturated rings. The number of H-pyrrole nitrogens is 1. The van der Waals surface area contributed by atoms with E-state index in [-0.39, 0.29) is 11.5 Å². The molecule has 8 nitrogen and oxygen atoms in total. The van der Waals surface area contributed by atoms with Gasteiger partial charge in [-0.05, 0) is 6.42 Å². The van der Waals surface area contributed by atoms with Crippen molar-refractivity contribution < 1.29 is 4.79 Å². The number of aromatic nitrogens is 4. The van der Waals surface area contributed by atoms with Gasteiger partial charge in [0.1, 0.15) is 17.5 Å². The monoisotopic (exact) mass is 376 g/mol. The number of nitrogens with one attached hydrogen (secondary N) is 2. The van der Waals surface area contributed by atoms with Crippen LogP contribution in [0.25, 0.3) is 0 Å². The Bertz CT molecular complexity index is 914. The summed E-state index contributed by atoms with van der Waals surface area (Å²) in [6.07, 6.45) is 1.95. The van der Waals surface area contributed by atoms with Crippen molar-refractivity contribution in [2.24, 2.45) is 7.05 Å². The predicted molar refractivity (Wildman–Crippen MR) is 96.3 cm³/mol. The second-order valence-electron chi connectivity index (χ2n) is 5.44. The first-order valence-corrected chi connectivity index (χ1v) is 9.66. The lowest BCUT2D eigenvalue weighted by molar-refractivity contribution is -0.115. The summed E-state index contributed by atoms with van der Waals surface area (Å²) in [5.74, 6) is 1.50. The number of hydrogen-bond donors (Lipinski definition) is 2. The van der Waals surface area contributed by atoms with Crippen molar-refractivity contribution in [2.75, 3.05) is 5.32 Å². The van der Waals surface area contributed by atoms with E-state index in [4.69, 9.17) is 5.26 Å². The SMILES string of the molecule is CCC(Sc1nc2c(c(=O)[nH]1)CSC2)C(=O)Nc1c(C#N)cnn1C. The van der Waals surface area contributed by atoms with E-state index in [1.165, 1.54) is 22.6 Å². The fourth-order valence-corrected chi connectivity index (χ4v) is 4.37. The van der Waals surface area contributed by atoms with Gasteiger partial charge in [0.05, 0.1) is 17.1 Å². The third-order valence-corrected chi connectivity index (χ3v) is 6.00. The van der Waals surface area contributed by atoms with E-state index in [1.807, 2.05) is 13.0 Å². The van der Waals surface area contributed by atoms with Crippen LogP contribution >= 0.6 is 23.5 Å².